The van der Waals surface area contributed by atoms with Crippen molar-refractivity contribution < 1.29 is 4.79 Å². The Kier molecular flexibility index (Phi) is 5.27. The summed E-state index contributed by atoms with van der Waals surface area (Å²) in [6.45, 7) is 0.408. The lowest BCUT2D eigenvalue weighted by atomic mass is 10.2. The second-order valence-corrected chi connectivity index (χ2v) is 5.17. The summed E-state index contributed by atoms with van der Waals surface area (Å²) in [6.07, 6.45) is 4.86. The average Bonchev–Trinajstić information content (AvgIpc) is 3.22. The van der Waals surface area contributed by atoms with Gasteiger partial charge in [0.05, 0.1) is 0 Å². The molecule has 0 radical (unpaired) electrons. The van der Waals surface area contributed by atoms with Crippen molar-refractivity contribution in [2.24, 2.45) is 0 Å². The van der Waals surface area contributed by atoms with Crippen molar-refractivity contribution in [3.8, 4) is 6.07 Å². The topological polar surface area (TPSA) is 132 Å². The van der Waals surface area contributed by atoms with Gasteiger partial charge in [0.2, 0.25) is 5.82 Å². The number of hydrogen-bond donors (Lipinski definition) is 3. The van der Waals surface area contributed by atoms with Crippen LogP contribution in [0.3, 0.4) is 0 Å². The van der Waals surface area contributed by atoms with Crippen LogP contribution in [0.2, 0.25) is 0 Å². The zero-order valence-corrected chi connectivity index (χ0v) is 13.5. The number of tetrazole rings is 1. The third-order valence-electron chi connectivity index (χ3n) is 3.41. The van der Waals surface area contributed by atoms with Gasteiger partial charge in [0.25, 0.3) is 5.91 Å². The molecule has 2 heterocycles. The highest BCUT2D eigenvalue weighted by Crippen LogP contribution is 2.12. The minimum atomic E-state index is -0.180. The first-order valence-electron chi connectivity index (χ1n) is 7.64. The zero-order chi connectivity index (χ0) is 18.2. The second-order valence-electron chi connectivity index (χ2n) is 5.17. The third-order valence-corrected chi connectivity index (χ3v) is 3.41. The van der Waals surface area contributed by atoms with E-state index in [0.717, 1.165) is 5.56 Å². The Bertz CT molecular complexity index is 927. The number of allylic oxidation sites excluding steroid dienone is 1. The van der Waals surface area contributed by atoms with Gasteiger partial charge in [-0.05, 0) is 41.1 Å². The number of aromatic nitrogens is 5. The second kappa shape index (κ2) is 8.16. The van der Waals surface area contributed by atoms with E-state index < -0.39 is 0 Å². The number of H-pyrrole nitrogens is 1. The molecule has 1 aromatic carbocycles. The van der Waals surface area contributed by atoms with E-state index in [0.29, 0.717) is 17.8 Å². The van der Waals surface area contributed by atoms with Crippen LogP contribution in [0.15, 0.2) is 55.0 Å². The molecule has 9 heteroatoms. The Hall–Kier alpha value is -4.06. The van der Waals surface area contributed by atoms with Crippen molar-refractivity contribution >= 4 is 17.2 Å². The lowest BCUT2D eigenvalue weighted by Gasteiger charge is -2.06. The Morgan fingerprint density at radius 2 is 2.12 bits per heavy atom. The molecule has 0 bridgehead atoms. The molecule has 0 unspecified atom stereocenters. The highest BCUT2D eigenvalue weighted by Gasteiger charge is 2.07. The van der Waals surface area contributed by atoms with Gasteiger partial charge in [0, 0.05) is 36.4 Å². The van der Waals surface area contributed by atoms with Crippen molar-refractivity contribution in [1.29, 1.82) is 5.26 Å². The molecule has 2 aromatic heterocycles. The Balaban J connectivity index is 1.59. The number of rotatable bonds is 6. The van der Waals surface area contributed by atoms with E-state index >= 15 is 0 Å². The van der Waals surface area contributed by atoms with Gasteiger partial charge in [-0.1, -0.05) is 6.07 Å². The molecule has 0 fully saturated rings. The fourth-order valence-corrected chi connectivity index (χ4v) is 2.08. The molecule has 9 nitrogen and oxygen atoms in total. The number of nitriles is 1. The molecular weight excluding hydrogens is 332 g/mol. The molecule has 128 valence electrons. The van der Waals surface area contributed by atoms with Crippen LogP contribution < -0.4 is 10.6 Å². The van der Waals surface area contributed by atoms with Crippen molar-refractivity contribution in [1.82, 2.24) is 30.9 Å². The Morgan fingerprint density at radius 3 is 2.77 bits per heavy atom. The molecule has 0 saturated heterocycles. The molecule has 3 rings (SSSR count). The van der Waals surface area contributed by atoms with Gasteiger partial charge < -0.3 is 10.6 Å². The summed E-state index contributed by atoms with van der Waals surface area (Å²) >= 11 is 0. The molecule has 0 saturated carbocycles. The number of anilines is 1. The van der Waals surface area contributed by atoms with E-state index in [4.69, 9.17) is 5.26 Å². The van der Waals surface area contributed by atoms with E-state index in [1.54, 1.807) is 36.7 Å². The largest absolute Gasteiger partial charge is 0.360 e. The maximum atomic E-state index is 12.2. The van der Waals surface area contributed by atoms with Crippen LogP contribution in [0.1, 0.15) is 21.7 Å². The first-order valence-corrected chi connectivity index (χ1v) is 7.64. The van der Waals surface area contributed by atoms with E-state index in [1.165, 1.54) is 6.20 Å². The summed E-state index contributed by atoms with van der Waals surface area (Å²) < 4.78 is 0. The summed E-state index contributed by atoms with van der Waals surface area (Å²) in [4.78, 5) is 16.2. The van der Waals surface area contributed by atoms with Gasteiger partial charge in [-0.25, -0.2) is 0 Å². The van der Waals surface area contributed by atoms with E-state index in [-0.39, 0.29) is 17.3 Å². The molecule has 0 spiro atoms. The van der Waals surface area contributed by atoms with Crippen molar-refractivity contribution in [3.63, 3.8) is 0 Å². The molecule has 3 N–H and O–H groups in total. The predicted octanol–water partition coefficient (Wildman–Crippen LogP) is 1.50. The number of aromatic amines is 1. The Labute approximate surface area is 148 Å². The van der Waals surface area contributed by atoms with Gasteiger partial charge in [-0.2, -0.15) is 10.5 Å². The normalized spacial score (nSPS) is 10.8. The SMILES string of the molecule is N#CC(=CNc1ccc(C(=O)NCc2cccnc2)cc1)c1nn[nH]n1. The zero-order valence-electron chi connectivity index (χ0n) is 13.5. The predicted molar refractivity (Wildman–Crippen MR) is 93.2 cm³/mol. The van der Waals surface area contributed by atoms with E-state index in [1.807, 2.05) is 18.2 Å². The maximum Gasteiger partial charge on any atom is 0.251 e. The van der Waals surface area contributed by atoms with Crippen LogP contribution in [0.4, 0.5) is 5.69 Å². The number of carbonyl (C=O) groups excluding carboxylic acids is 1. The number of hydrogen-bond acceptors (Lipinski definition) is 7. The lowest BCUT2D eigenvalue weighted by molar-refractivity contribution is 0.0951. The fraction of sp³-hybridized carbons (Fsp3) is 0.0588. The summed E-state index contributed by atoms with van der Waals surface area (Å²) in [5, 5.41) is 28.1. The summed E-state index contributed by atoms with van der Waals surface area (Å²) in [5.41, 5.74) is 2.40. The van der Waals surface area contributed by atoms with Crippen LogP contribution in [-0.4, -0.2) is 31.5 Å². The van der Waals surface area contributed by atoms with Crippen LogP contribution in [0.25, 0.3) is 5.57 Å². The minimum Gasteiger partial charge on any atom is -0.360 e. The van der Waals surface area contributed by atoms with Crippen molar-refractivity contribution in [2.75, 3.05) is 5.32 Å². The maximum absolute atomic E-state index is 12.2. The van der Waals surface area contributed by atoms with E-state index in [2.05, 4.69) is 36.2 Å². The first-order chi connectivity index (χ1) is 12.8. The van der Waals surface area contributed by atoms with Crippen LogP contribution >= 0.6 is 0 Å². The van der Waals surface area contributed by atoms with Crippen LogP contribution in [0.5, 0.6) is 0 Å². The molecular formula is C17H14N8O. The number of amides is 1. The van der Waals surface area contributed by atoms with Gasteiger partial charge in [0.1, 0.15) is 11.6 Å². The Morgan fingerprint density at radius 1 is 1.27 bits per heavy atom. The number of nitrogens with one attached hydrogen (secondary N) is 3. The first kappa shape index (κ1) is 16.8. The van der Waals surface area contributed by atoms with Gasteiger partial charge in [0.15, 0.2) is 0 Å². The highest BCUT2D eigenvalue weighted by atomic mass is 16.1. The number of nitrogens with zero attached hydrogens (tertiary/aromatic N) is 5. The fourth-order valence-electron chi connectivity index (χ4n) is 2.08. The van der Waals surface area contributed by atoms with Crippen LogP contribution in [-0.2, 0) is 6.54 Å². The molecule has 26 heavy (non-hydrogen) atoms. The minimum absolute atomic E-state index is 0.180. The summed E-state index contributed by atoms with van der Waals surface area (Å²) in [7, 11) is 0. The quantitative estimate of drug-likeness (QED) is 0.576. The van der Waals surface area contributed by atoms with E-state index in [9.17, 15) is 4.79 Å². The molecule has 0 aliphatic rings. The molecule has 0 aliphatic carbocycles. The van der Waals surface area contributed by atoms with Crippen molar-refractivity contribution in [3.05, 3.63) is 71.9 Å². The molecule has 0 aliphatic heterocycles. The average molecular weight is 346 g/mol. The molecule has 3 aromatic rings. The molecule has 1 amide bonds. The number of pyridine rings is 1. The third kappa shape index (κ3) is 4.27. The van der Waals surface area contributed by atoms with Crippen LogP contribution in [0, 0.1) is 11.3 Å². The molecule has 0 atom stereocenters. The van der Waals surface area contributed by atoms with Crippen molar-refractivity contribution in [2.45, 2.75) is 6.54 Å². The summed E-state index contributed by atoms with van der Waals surface area (Å²) in [5.74, 6) is 0.0202. The van der Waals surface area contributed by atoms with Gasteiger partial charge in [-0.3, -0.25) is 9.78 Å². The highest BCUT2D eigenvalue weighted by molar-refractivity contribution is 5.94. The summed E-state index contributed by atoms with van der Waals surface area (Å²) in [6, 6.07) is 12.5. The number of benzene rings is 1. The van der Waals surface area contributed by atoms with Gasteiger partial charge in [-0.15, -0.1) is 10.2 Å². The number of carbonyl (C=O) groups is 1. The lowest BCUT2D eigenvalue weighted by Crippen LogP contribution is -2.22. The monoisotopic (exact) mass is 346 g/mol. The standard InChI is InChI=1S/C17H14N8O/c18-8-14(16-22-24-25-23-16)11-20-15-5-3-13(4-6-15)17(26)21-10-12-2-1-7-19-9-12/h1-7,9,11,20H,10H2,(H,21,26)(H,22,23,24,25). The van der Waals surface area contributed by atoms with Gasteiger partial charge >= 0.3 is 0 Å². The smallest absolute Gasteiger partial charge is 0.251 e.